The van der Waals surface area contributed by atoms with Gasteiger partial charge in [0.1, 0.15) is 0 Å². The van der Waals surface area contributed by atoms with Crippen LogP contribution in [0.5, 0.6) is 0 Å². The second kappa shape index (κ2) is 7.29. The molecule has 0 aliphatic carbocycles. The topological polar surface area (TPSA) is 73.2 Å². The first-order chi connectivity index (χ1) is 11.3. The zero-order chi connectivity index (χ0) is 17.9. The van der Waals surface area contributed by atoms with Crippen LogP contribution in [0.1, 0.15) is 39.3 Å². The maximum absolute atomic E-state index is 12.3. The molecule has 2 aromatic rings. The van der Waals surface area contributed by atoms with E-state index < -0.39 is 5.97 Å². The average Bonchev–Trinajstić information content (AvgIpc) is 2.79. The number of esters is 1. The Morgan fingerprint density at radius 2 is 1.96 bits per heavy atom. The van der Waals surface area contributed by atoms with Gasteiger partial charge in [-0.2, -0.15) is 5.10 Å². The molecule has 6 nitrogen and oxygen atoms in total. The van der Waals surface area contributed by atoms with Gasteiger partial charge in [-0.15, -0.1) is 0 Å². The van der Waals surface area contributed by atoms with Gasteiger partial charge in [-0.05, 0) is 50.5 Å². The highest BCUT2D eigenvalue weighted by Gasteiger charge is 2.13. The Labute approximate surface area is 141 Å². The quantitative estimate of drug-likeness (QED) is 0.856. The van der Waals surface area contributed by atoms with E-state index in [9.17, 15) is 9.59 Å². The number of carbonyl (C=O) groups is 2. The molecule has 0 saturated heterocycles. The van der Waals surface area contributed by atoms with E-state index in [1.807, 2.05) is 32.5 Å². The summed E-state index contributed by atoms with van der Waals surface area (Å²) in [5, 5.41) is 7.23. The summed E-state index contributed by atoms with van der Waals surface area (Å²) in [6.07, 6.45) is 0.988. The molecule has 128 valence electrons. The van der Waals surface area contributed by atoms with E-state index in [-0.39, 0.29) is 5.91 Å². The standard InChI is InChI=1S/C18H23N3O3/c1-11-6-7-14(18(23)24-5)10-16(11)19-17(22)9-8-15-12(2)20-21(4)13(15)3/h6-7,10H,8-9H2,1-5H3,(H,19,22). The number of rotatable bonds is 5. The summed E-state index contributed by atoms with van der Waals surface area (Å²) in [5.41, 5.74) is 5.06. The van der Waals surface area contributed by atoms with Gasteiger partial charge in [-0.25, -0.2) is 4.79 Å². The lowest BCUT2D eigenvalue weighted by atomic mass is 10.1. The molecular weight excluding hydrogens is 306 g/mol. The molecule has 24 heavy (non-hydrogen) atoms. The Morgan fingerprint density at radius 1 is 1.25 bits per heavy atom. The van der Waals surface area contributed by atoms with Crippen LogP contribution >= 0.6 is 0 Å². The summed E-state index contributed by atoms with van der Waals surface area (Å²) in [6.45, 7) is 5.83. The minimum Gasteiger partial charge on any atom is -0.465 e. The summed E-state index contributed by atoms with van der Waals surface area (Å²) in [4.78, 5) is 23.9. The van der Waals surface area contributed by atoms with Crippen LogP contribution in [0.25, 0.3) is 0 Å². The van der Waals surface area contributed by atoms with Gasteiger partial charge < -0.3 is 10.1 Å². The highest BCUT2D eigenvalue weighted by atomic mass is 16.5. The molecule has 0 atom stereocenters. The maximum atomic E-state index is 12.3. The summed E-state index contributed by atoms with van der Waals surface area (Å²) in [5.74, 6) is -0.519. The van der Waals surface area contributed by atoms with E-state index in [1.54, 1.807) is 18.2 Å². The van der Waals surface area contributed by atoms with Gasteiger partial charge in [0.2, 0.25) is 5.91 Å². The molecule has 1 amide bonds. The molecule has 6 heteroatoms. The van der Waals surface area contributed by atoms with Crippen LogP contribution in [-0.2, 0) is 23.0 Å². The molecule has 0 aliphatic heterocycles. The Hall–Kier alpha value is -2.63. The summed E-state index contributed by atoms with van der Waals surface area (Å²) in [7, 11) is 3.23. The molecule has 0 fully saturated rings. The molecule has 0 unspecified atom stereocenters. The Morgan fingerprint density at radius 3 is 2.54 bits per heavy atom. The van der Waals surface area contributed by atoms with Crippen molar-refractivity contribution < 1.29 is 14.3 Å². The molecule has 2 rings (SSSR count). The number of anilines is 1. The fraction of sp³-hybridized carbons (Fsp3) is 0.389. The number of carbonyl (C=O) groups excluding carboxylic acids is 2. The predicted molar refractivity (Wildman–Crippen MR) is 92.2 cm³/mol. The molecule has 0 spiro atoms. The van der Waals surface area contributed by atoms with Crippen molar-refractivity contribution in [1.29, 1.82) is 0 Å². The number of nitrogens with one attached hydrogen (secondary N) is 1. The average molecular weight is 329 g/mol. The molecule has 1 aromatic carbocycles. The Balaban J connectivity index is 2.06. The summed E-state index contributed by atoms with van der Waals surface area (Å²) < 4.78 is 6.54. The monoisotopic (exact) mass is 329 g/mol. The van der Waals surface area contributed by atoms with Crippen molar-refractivity contribution in [1.82, 2.24) is 9.78 Å². The number of aryl methyl sites for hydroxylation is 3. The second-order valence-corrected chi connectivity index (χ2v) is 5.84. The van der Waals surface area contributed by atoms with E-state index in [1.165, 1.54) is 7.11 Å². The summed E-state index contributed by atoms with van der Waals surface area (Å²) in [6, 6.07) is 5.11. The fourth-order valence-corrected chi connectivity index (χ4v) is 2.63. The van der Waals surface area contributed by atoms with Crippen LogP contribution in [0.2, 0.25) is 0 Å². The molecule has 0 radical (unpaired) electrons. The molecule has 0 aliphatic rings. The molecule has 0 bridgehead atoms. The SMILES string of the molecule is COC(=O)c1ccc(C)c(NC(=O)CCc2c(C)nn(C)c2C)c1. The number of methoxy groups -OCH3 is 1. The van der Waals surface area contributed by atoms with E-state index in [0.29, 0.717) is 24.1 Å². The lowest BCUT2D eigenvalue weighted by Gasteiger charge is -2.10. The Kier molecular flexibility index (Phi) is 5.39. The number of aromatic nitrogens is 2. The minimum atomic E-state index is -0.424. The van der Waals surface area contributed by atoms with E-state index in [4.69, 9.17) is 4.74 Å². The van der Waals surface area contributed by atoms with Crippen molar-refractivity contribution >= 4 is 17.6 Å². The minimum absolute atomic E-state index is 0.0947. The first-order valence-corrected chi connectivity index (χ1v) is 7.81. The normalized spacial score (nSPS) is 10.5. The first-order valence-electron chi connectivity index (χ1n) is 7.81. The van der Waals surface area contributed by atoms with Gasteiger partial charge in [0, 0.05) is 24.8 Å². The molecule has 1 N–H and O–H groups in total. The zero-order valence-electron chi connectivity index (χ0n) is 14.8. The van der Waals surface area contributed by atoms with Crippen molar-refractivity contribution in [2.24, 2.45) is 7.05 Å². The molecule has 1 aromatic heterocycles. The Bertz CT molecular complexity index is 778. The van der Waals surface area contributed by atoms with Gasteiger partial charge in [-0.1, -0.05) is 6.07 Å². The van der Waals surface area contributed by atoms with E-state index in [0.717, 1.165) is 22.5 Å². The van der Waals surface area contributed by atoms with Gasteiger partial charge in [0.25, 0.3) is 0 Å². The van der Waals surface area contributed by atoms with Crippen molar-refractivity contribution in [3.8, 4) is 0 Å². The van der Waals surface area contributed by atoms with Gasteiger partial charge >= 0.3 is 5.97 Å². The zero-order valence-corrected chi connectivity index (χ0v) is 14.8. The van der Waals surface area contributed by atoms with Gasteiger partial charge in [0.05, 0.1) is 18.4 Å². The number of ether oxygens (including phenoxy) is 1. The lowest BCUT2D eigenvalue weighted by molar-refractivity contribution is -0.116. The molecule has 0 saturated carbocycles. The van der Waals surface area contributed by atoms with Crippen LogP contribution in [0.3, 0.4) is 0 Å². The highest BCUT2D eigenvalue weighted by Crippen LogP contribution is 2.19. The van der Waals surface area contributed by atoms with E-state index in [2.05, 4.69) is 10.4 Å². The highest BCUT2D eigenvalue weighted by molar-refractivity contribution is 5.95. The van der Waals surface area contributed by atoms with Crippen LogP contribution in [-0.4, -0.2) is 28.8 Å². The van der Waals surface area contributed by atoms with Crippen LogP contribution in [0.15, 0.2) is 18.2 Å². The predicted octanol–water partition coefficient (Wildman–Crippen LogP) is 2.70. The number of hydrogen-bond acceptors (Lipinski definition) is 4. The summed E-state index contributed by atoms with van der Waals surface area (Å²) >= 11 is 0. The third-order valence-electron chi connectivity index (χ3n) is 4.19. The third-order valence-corrected chi connectivity index (χ3v) is 4.19. The van der Waals surface area contributed by atoms with Gasteiger partial charge in [0.15, 0.2) is 0 Å². The smallest absolute Gasteiger partial charge is 0.337 e. The third kappa shape index (κ3) is 3.82. The van der Waals surface area contributed by atoms with Crippen molar-refractivity contribution in [2.75, 3.05) is 12.4 Å². The maximum Gasteiger partial charge on any atom is 0.337 e. The van der Waals surface area contributed by atoms with Crippen molar-refractivity contribution in [3.63, 3.8) is 0 Å². The van der Waals surface area contributed by atoms with Crippen LogP contribution < -0.4 is 5.32 Å². The van der Waals surface area contributed by atoms with Crippen molar-refractivity contribution in [3.05, 3.63) is 46.3 Å². The lowest BCUT2D eigenvalue weighted by Crippen LogP contribution is -2.14. The van der Waals surface area contributed by atoms with Crippen LogP contribution in [0, 0.1) is 20.8 Å². The number of amides is 1. The number of benzene rings is 1. The molecular formula is C18H23N3O3. The molecule has 1 heterocycles. The van der Waals surface area contributed by atoms with Crippen LogP contribution in [0.4, 0.5) is 5.69 Å². The van der Waals surface area contributed by atoms with E-state index >= 15 is 0 Å². The number of hydrogen-bond donors (Lipinski definition) is 1. The number of nitrogens with zero attached hydrogens (tertiary/aromatic N) is 2. The second-order valence-electron chi connectivity index (χ2n) is 5.84. The van der Waals surface area contributed by atoms with Gasteiger partial charge in [-0.3, -0.25) is 9.48 Å². The fourth-order valence-electron chi connectivity index (χ4n) is 2.63. The largest absolute Gasteiger partial charge is 0.465 e. The van der Waals surface area contributed by atoms with Crippen molar-refractivity contribution in [2.45, 2.75) is 33.6 Å². The first kappa shape index (κ1) is 17.7.